The highest BCUT2D eigenvalue weighted by atomic mass is 16.5. The van der Waals surface area contributed by atoms with Crippen molar-refractivity contribution in [2.24, 2.45) is 4.99 Å². The van der Waals surface area contributed by atoms with Crippen molar-refractivity contribution in [3.05, 3.63) is 29.8 Å². The Morgan fingerprint density at radius 1 is 1.39 bits per heavy atom. The Labute approximate surface area is 108 Å². The van der Waals surface area contributed by atoms with E-state index in [0.717, 1.165) is 31.3 Å². The highest BCUT2D eigenvalue weighted by Crippen LogP contribution is 2.25. The third-order valence-corrected chi connectivity index (χ3v) is 3.64. The maximum atomic E-state index is 5.29. The molecule has 0 saturated carbocycles. The zero-order valence-corrected chi connectivity index (χ0v) is 10.9. The molecule has 0 aromatic heterocycles. The fourth-order valence-electron chi connectivity index (χ4n) is 2.71. The zero-order valence-electron chi connectivity index (χ0n) is 10.9. The minimum atomic E-state index is 0.468. The van der Waals surface area contributed by atoms with E-state index in [9.17, 15) is 0 Å². The second-order valence-electron chi connectivity index (χ2n) is 5.09. The van der Waals surface area contributed by atoms with E-state index in [2.05, 4.69) is 40.3 Å². The van der Waals surface area contributed by atoms with Crippen LogP contribution in [-0.2, 0) is 0 Å². The van der Waals surface area contributed by atoms with Crippen LogP contribution < -0.4 is 10.1 Å². The lowest BCUT2D eigenvalue weighted by Crippen LogP contribution is -2.38. The average Bonchev–Trinajstić information content (AvgIpc) is 2.77. The largest absolute Gasteiger partial charge is 0.497 e. The number of methoxy groups -OCH3 is 1. The van der Waals surface area contributed by atoms with Gasteiger partial charge in [-0.15, -0.1) is 0 Å². The summed E-state index contributed by atoms with van der Waals surface area (Å²) < 4.78 is 5.29. The van der Waals surface area contributed by atoms with Crippen molar-refractivity contribution >= 4 is 5.96 Å². The van der Waals surface area contributed by atoms with Crippen LogP contribution in [0.5, 0.6) is 5.75 Å². The molecule has 1 fully saturated rings. The van der Waals surface area contributed by atoms with Crippen LogP contribution in [0, 0.1) is 0 Å². The fraction of sp³-hybridized carbons (Fsp3) is 0.500. The van der Waals surface area contributed by atoms with Crippen LogP contribution in [0.4, 0.5) is 0 Å². The first kappa shape index (κ1) is 11.4. The predicted molar refractivity (Wildman–Crippen MR) is 72.2 cm³/mol. The van der Waals surface area contributed by atoms with Gasteiger partial charge in [0.1, 0.15) is 5.75 Å². The minimum absolute atomic E-state index is 0.468. The number of rotatable bonds is 2. The molecule has 1 aromatic carbocycles. The Balaban J connectivity index is 1.79. The molecule has 1 aromatic rings. The van der Waals surface area contributed by atoms with Gasteiger partial charge in [0, 0.05) is 25.0 Å². The van der Waals surface area contributed by atoms with E-state index in [4.69, 9.17) is 4.74 Å². The van der Waals surface area contributed by atoms with Crippen molar-refractivity contribution in [2.45, 2.75) is 18.9 Å². The molecule has 0 spiro atoms. The lowest BCUT2D eigenvalue weighted by molar-refractivity contribution is 0.383. The highest BCUT2D eigenvalue weighted by molar-refractivity contribution is 5.83. The van der Waals surface area contributed by atoms with E-state index in [1.165, 1.54) is 5.56 Å². The normalized spacial score (nSPS) is 26.3. The first-order valence-corrected chi connectivity index (χ1v) is 6.46. The summed E-state index contributed by atoms with van der Waals surface area (Å²) in [6, 6.07) is 8.84. The van der Waals surface area contributed by atoms with E-state index in [1.807, 2.05) is 6.07 Å². The Bertz CT molecular complexity index is 472. The van der Waals surface area contributed by atoms with Gasteiger partial charge >= 0.3 is 0 Å². The molecule has 0 bridgehead atoms. The van der Waals surface area contributed by atoms with Crippen molar-refractivity contribution in [1.29, 1.82) is 0 Å². The monoisotopic (exact) mass is 245 g/mol. The molecule has 1 N–H and O–H groups in total. The molecule has 0 aliphatic carbocycles. The summed E-state index contributed by atoms with van der Waals surface area (Å²) in [5.74, 6) is 2.47. The molecule has 4 nitrogen and oxygen atoms in total. The van der Waals surface area contributed by atoms with E-state index < -0.39 is 0 Å². The SMILES string of the molecule is COc1cccc(C2CN=C3NC(C)CN3C2)c1. The third-order valence-electron chi connectivity index (χ3n) is 3.64. The van der Waals surface area contributed by atoms with Gasteiger partial charge in [-0.3, -0.25) is 4.99 Å². The summed E-state index contributed by atoms with van der Waals surface area (Å²) in [7, 11) is 1.71. The first-order valence-electron chi connectivity index (χ1n) is 6.46. The first-order chi connectivity index (χ1) is 8.76. The molecular formula is C14H19N3O. The molecule has 0 radical (unpaired) electrons. The van der Waals surface area contributed by atoms with Gasteiger partial charge in [-0.25, -0.2) is 0 Å². The summed E-state index contributed by atoms with van der Waals surface area (Å²) in [4.78, 5) is 6.99. The molecule has 2 atom stereocenters. The van der Waals surface area contributed by atoms with Crippen molar-refractivity contribution in [3.63, 3.8) is 0 Å². The second kappa shape index (κ2) is 4.52. The van der Waals surface area contributed by atoms with Gasteiger partial charge in [0.25, 0.3) is 0 Å². The highest BCUT2D eigenvalue weighted by Gasteiger charge is 2.30. The van der Waals surface area contributed by atoms with Gasteiger partial charge in [0.2, 0.25) is 0 Å². The minimum Gasteiger partial charge on any atom is -0.497 e. The Kier molecular flexibility index (Phi) is 2.86. The molecule has 96 valence electrons. The number of hydrogen-bond donors (Lipinski definition) is 1. The van der Waals surface area contributed by atoms with Gasteiger partial charge in [0.15, 0.2) is 5.96 Å². The molecule has 0 amide bonds. The zero-order chi connectivity index (χ0) is 12.5. The summed E-state index contributed by atoms with van der Waals surface area (Å²) in [6.45, 7) is 5.16. The molecule has 3 rings (SSSR count). The van der Waals surface area contributed by atoms with Crippen molar-refractivity contribution < 1.29 is 4.74 Å². The van der Waals surface area contributed by atoms with Crippen LogP contribution in [0.15, 0.2) is 29.3 Å². The van der Waals surface area contributed by atoms with Gasteiger partial charge < -0.3 is 15.0 Å². The van der Waals surface area contributed by atoms with E-state index >= 15 is 0 Å². The Morgan fingerprint density at radius 3 is 3.11 bits per heavy atom. The van der Waals surface area contributed by atoms with Crippen LogP contribution in [0.25, 0.3) is 0 Å². The van der Waals surface area contributed by atoms with Gasteiger partial charge in [-0.2, -0.15) is 0 Å². The molecule has 2 heterocycles. The smallest absolute Gasteiger partial charge is 0.194 e. The molecule has 4 heteroatoms. The topological polar surface area (TPSA) is 36.9 Å². The average molecular weight is 245 g/mol. The molecule has 2 unspecified atom stereocenters. The van der Waals surface area contributed by atoms with Crippen molar-refractivity contribution in [2.75, 3.05) is 26.7 Å². The van der Waals surface area contributed by atoms with Crippen molar-refractivity contribution in [1.82, 2.24) is 10.2 Å². The van der Waals surface area contributed by atoms with Gasteiger partial charge in [-0.1, -0.05) is 12.1 Å². The van der Waals surface area contributed by atoms with Crippen LogP contribution in [0.1, 0.15) is 18.4 Å². The maximum Gasteiger partial charge on any atom is 0.194 e. The summed E-state index contributed by atoms with van der Waals surface area (Å²) in [5.41, 5.74) is 1.32. The quantitative estimate of drug-likeness (QED) is 0.856. The number of ether oxygens (including phenoxy) is 1. The number of guanidine groups is 1. The number of hydrogen-bond acceptors (Lipinski definition) is 4. The molecule has 2 aliphatic heterocycles. The van der Waals surface area contributed by atoms with E-state index in [0.29, 0.717) is 12.0 Å². The van der Waals surface area contributed by atoms with Crippen molar-refractivity contribution in [3.8, 4) is 5.75 Å². The van der Waals surface area contributed by atoms with Gasteiger partial charge in [-0.05, 0) is 24.6 Å². The molecule has 18 heavy (non-hydrogen) atoms. The number of benzene rings is 1. The Hall–Kier alpha value is -1.71. The van der Waals surface area contributed by atoms with Gasteiger partial charge in [0.05, 0.1) is 13.7 Å². The molecular weight excluding hydrogens is 226 g/mol. The van der Waals surface area contributed by atoms with Crippen LogP contribution in [-0.4, -0.2) is 43.6 Å². The maximum absolute atomic E-state index is 5.29. The summed E-state index contributed by atoms with van der Waals surface area (Å²) in [6.07, 6.45) is 0. The summed E-state index contributed by atoms with van der Waals surface area (Å²) >= 11 is 0. The fourth-order valence-corrected chi connectivity index (χ4v) is 2.71. The third kappa shape index (κ3) is 2.03. The number of fused-ring (bicyclic) bond motifs is 1. The van der Waals surface area contributed by atoms with E-state index in [-0.39, 0.29) is 0 Å². The Morgan fingerprint density at radius 2 is 2.28 bits per heavy atom. The van der Waals surface area contributed by atoms with Crippen LogP contribution in [0.3, 0.4) is 0 Å². The second-order valence-corrected chi connectivity index (χ2v) is 5.09. The van der Waals surface area contributed by atoms with Crippen LogP contribution >= 0.6 is 0 Å². The number of aliphatic imine (C=N–C) groups is 1. The molecule has 2 aliphatic rings. The summed E-state index contributed by atoms with van der Waals surface area (Å²) in [5, 5.41) is 3.40. The lowest BCUT2D eigenvalue weighted by Gasteiger charge is -2.28. The van der Waals surface area contributed by atoms with Crippen LogP contribution in [0.2, 0.25) is 0 Å². The predicted octanol–water partition coefficient (Wildman–Crippen LogP) is 1.44. The standard InChI is InChI=1S/C14H19N3O/c1-10-8-17-9-12(7-15-14(17)16-10)11-4-3-5-13(6-11)18-2/h3-6,10,12H,7-9H2,1-2H3,(H,15,16). The number of nitrogens with zero attached hydrogens (tertiary/aromatic N) is 2. The number of nitrogens with one attached hydrogen (secondary N) is 1. The molecule has 1 saturated heterocycles. The van der Waals surface area contributed by atoms with E-state index in [1.54, 1.807) is 7.11 Å². The lowest BCUT2D eigenvalue weighted by atomic mass is 9.97.